The van der Waals surface area contributed by atoms with E-state index in [1.54, 1.807) is 24.5 Å². The summed E-state index contributed by atoms with van der Waals surface area (Å²) in [6.07, 6.45) is 3.42. The lowest BCUT2D eigenvalue weighted by Gasteiger charge is -2.27. The van der Waals surface area contributed by atoms with Crippen LogP contribution in [0.2, 0.25) is 0 Å². The van der Waals surface area contributed by atoms with Crippen molar-refractivity contribution in [2.24, 2.45) is 0 Å². The average molecular weight is 543 g/mol. The molecule has 39 heavy (non-hydrogen) atoms. The van der Waals surface area contributed by atoms with Crippen LogP contribution < -0.4 is 0 Å². The highest BCUT2D eigenvalue weighted by Gasteiger charge is 2.41. The van der Waals surface area contributed by atoms with Crippen LogP contribution in [0.25, 0.3) is 21.8 Å². The number of aromatic nitrogens is 2. The minimum absolute atomic E-state index is 0.0530. The van der Waals surface area contributed by atoms with Crippen molar-refractivity contribution in [1.29, 1.82) is 0 Å². The SMILES string of the molecule is O=P(OCc1ccccc1)(OCc1ccccc1)C(c1c[nH]c2cc(F)ccc12)c1c[nH]c2cc(F)ccc12. The van der Waals surface area contributed by atoms with E-state index in [4.69, 9.17) is 9.05 Å². The average Bonchev–Trinajstić information content (AvgIpc) is 3.56. The van der Waals surface area contributed by atoms with Gasteiger partial charge in [-0.2, -0.15) is 0 Å². The molecule has 0 bridgehead atoms. The second kappa shape index (κ2) is 10.6. The third kappa shape index (κ3) is 5.17. The van der Waals surface area contributed by atoms with Crippen LogP contribution in [0.1, 0.15) is 27.9 Å². The lowest BCUT2D eigenvalue weighted by Crippen LogP contribution is -2.08. The third-order valence-corrected chi connectivity index (χ3v) is 8.93. The predicted molar refractivity (Wildman–Crippen MR) is 148 cm³/mol. The van der Waals surface area contributed by atoms with E-state index < -0.39 is 13.3 Å². The molecule has 0 saturated carbocycles. The second-order valence-corrected chi connectivity index (χ2v) is 11.4. The van der Waals surface area contributed by atoms with E-state index >= 15 is 4.57 Å². The molecule has 4 aromatic carbocycles. The Labute approximate surface area is 224 Å². The lowest BCUT2D eigenvalue weighted by molar-refractivity contribution is 0.186. The first-order valence-corrected chi connectivity index (χ1v) is 14.1. The van der Waals surface area contributed by atoms with Crippen LogP contribution in [0.5, 0.6) is 0 Å². The van der Waals surface area contributed by atoms with Crippen molar-refractivity contribution in [2.45, 2.75) is 18.9 Å². The fourth-order valence-corrected chi connectivity index (χ4v) is 7.01. The summed E-state index contributed by atoms with van der Waals surface area (Å²) in [4.78, 5) is 6.21. The Kier molecular flexibility index (Phi) is 6.88. The van der Waals surface area contributed by atoms with Gasteiger partial charge in [0.15, 0.2) is 0 Å². The molecule has 6 rings (SSSR count). The molecule has 0 aliphatic heterocycles. The van der Waals surface area contributed by atoms with Crippen molar-refractivity contribution in [2.75, 3.05) is 0 Å². The van der Waals surface area contributed by atoms with Crippen LogP contribution >= 0.6 is 7.60 Å². The number of rotatable bonds is 9. The van der Waals surface area contributed by atoms with Crippen LogP contribution in [0.3, 0.4) is 0 Å². The molecule has 5 nitrogen and oxygen atoms in total. The molecule has 0 unspecified atom stereocenters. The van der Waals surface area contributed by atoms with Gasteiger partial charge in [-0.05, 0) is 58.7 Å². The van der Waals surface area contributed by atoms with Crippen molar-refractivity contribution in [3.8, 4) is 0 Å². The van der Waals surface area contributed by atoms with E-state index in [0.29, 0.717) is 32.9 Å². The summed E-state index contributed by atoms with van der Waals surface area (Å²) in [7, 11) is -4.00. The van der Waals surface area contributed by atoms with Gasteiger partial charge < -0.3 is 19.0 Å². The summed E-state index contributed by atoms with van der Waals surface area (Å²) in [5.74, 6) is -0.780. The van der Waals surface area contributed by atoms with Crippen LogP contribution in [0, 0.1) is 11.6 Å². The van der Waals surface area contributed by atoms with Crippen molar-refractivity contribution >= 4 is 29.4 Å². The minimum atomic E-state index is -4.00. The van der Waals surface area contributed by atoms with Crippen LogP contribution in [0.4, 0.5) is 8.78 Å². The normalized spacial score (nSPS) is 12.1. The van der Waals surface area contributed by atoms with Gasteiger partial charge in [0, 0.05) is 34.2 Å². The topological polar surface area (TPSA) is 67.1 Å². The maximum Gasteiger partial charge on any atom is 0.343 e. The fraction of sp³-hybridized carbons (Fsp3) is 0.0968. The highest BCUT2D eigenvalue weighted by atomic mass is 31.2. The Morgan fingerprint density at radius 1 is 0.641 bits per heavy atom. The number of aromatic amines is 2. The van der Waals surface area contributed by atoms with Crippen LogP contribution in [-0.2, 0) is 26.8 Å². The van der Waals surface area contributed by atoms with E-state index in [1.807, 2.05) is 60.7 Å². The van der Waals surface area contributed by atoms with Gasteiger partial charge in [-0.15, -0.1) is 0 Å². The maximum absolute atomic E-state index is 15.1. The zero-order chi connectivity index (χ0) is 26.8. The molecular formula is C31H25F2N2O3P. The van der Waals surface area contributed by atoms with Gasteiger partial charge >= 0.3 is 7.60 Å². The third-order valence-electron chi connectivity index (χ3n) is 6.76. The Morgan fingerprint density at radius 2 is 1.08 bits per heavy atom. The number of fused-ring (bicyclic) bond motifs is 2. The number of H-pyrrole nitrogens is 2. The molecule has 0 amide bonds. The van der Waals surface area contributed by atoms with Gasteiger partial charge in [-0.1, -0.05) is 60.7 Å². The molecule has 196 valence electrons. The molecule has 0 aliphatic carbocycles. The van der Waals surface area contributed by atoms with Gasteiger partial charge in [-0.25, -0.2) is 8.78 Å². The molecule has 0 spiro atoms. The van der Waals surface area contributed by atoms with Crippen molar-refractivity contribution in [3.63, 3.8) is 0 Å². The number of nitrogens with one attached hydrogen (secondary N) is 2. The zero-order valence-electron chi connectivity index (χ0n) is 20.8. The standard InChI is InChI=1S/C31H25F2N2O3P/c32-23-11-13-25-27(17-34-29(25)15-23)31(28-18-35-30-16-24(33)12-14-26(28)30)39(36,37-19-21-7-3-1-4-8-21)38-20-22-9-5-2-6-10-22/h1-18,31,34-35H,19-20H2. The quantitative estimate of drug-likeness (QED) is 0.180. The molecule has 0 saturated heterocycles. The van der Waals surface area contributed by atoms with Gasteiger partial charge in [0.25, 0.3) is 0 Å². The molecule has 2 N–H and O–H groups in total. The predicted octanol–water partition coefficient (Wildman–Crippen LogP) is 8.64. The molecule has 0 atom stereocenters. The minimum Gasteiger partial charge on any atom is -0.361 e. The van der Waals surface area contributed by atoms with Crippen LogP contribution in [0.15, 0.2) is 109 Å². The van der Waals surface area contributed by atoms with Gasteiger partial charge in [0.2, 0.25) is 0 Å². The molecular weight excluding hydrogens is 517 g/mol. The number of hydrogen-bond acceptors (Lipinski definition) is 3. The summed E-state index contributed by atoms with van der Waals surface area (Å²) in [6.45, 7) is 0.106. The first-order valence-electron chi connectivity index (χ1n) is 12.5. The molecule has 0 radical (unpaired) electrons. The summed E-state index contributed by atoms with van der Waals surface area (Å²) in [5.41, 5.74) is 3.13. The van der Waals surface area contributed by atoms with Gasteiger partial charge in [0.1, 0.15) is 17.3 Å². The van der Waals surface area contributed by atoms with Gasteiger partial charge in [0.05, 0.1) is 13.2 Å². The maximum atomic E-state index is 15.1. The van der Waals surface area contributed by atoms with E-state index in [2.05, 4.69) is 9.97 Å². The Balaban J connectivity index is 1.52. The highest BCUT2D eigenvalue weighted by molar-refractivity contribution is 7.54. The fourth-order valence-electron chi connectivity index (χ4n) is 4.87. The van der Waals surface area contributed by atoms with Crippen molar-refractivity contribution in [3.05, 3.63) is 143 Å². The Hall–Kier alpha value is -4.03. The monoisotopic (exact) mass is 542 g/mol. The first kappa shape index (κ1) is 25.3. The lowest BCUT2D eigenvalue weighted by atomic mass is 10.0. The summed E-state index contributed by atoms with van der Waals surface area (Å²) in [5, 5.41) is 1.37. The number of halogens is 2. The van der Waals surface area contributed by atoms with E-state index in [-0.39, 0.29) is 24.8 Å². The van der Waals surface area contributed by atoms with E-state index in [1.165, 1.54) is 24.3 Å². The molecule has 2 heterocycles. The largest absolute Gasteiger partial charge is 0.361 e. The molecule has 2 aromatic heterocycles. The number of hydrogen-bond donors (Lipinski definition) is 2. The first-order chi connectivity index (χ1) is 19.0. The molecule has 0 fully saturated rings. The summed E-state index contributed by atoms with van der Waals surface area (Å²) >= 11 is 0. The number of benzene rings is 4. The smallest absolute Gasteiger partial charge is 0.343 e. The van der Waals surface area contributed by atoms with Crippen LogP contribution in [-0.4, -0.2) is 9.97 Å². The van der Waals surface area contributed by atoms with E-state index in [9.17, 15) is 8.78 Å². The zero-order valence-corrected chi connectivity index (χ0v) is 21.7. The highest BCUT2D eigenvalue weighted by Crippen LogP contribution is 2.66. The van der Waals surface area contributed by atoms with Gasteiger partial charge in [-0.3, -0.25) is 4.57 Å². The molecule has 6 aromatic rings. The Bertz CT molecular complexity index is 1660. The second-order valence-electron chi connectivity index (χ2n) is 9.33. The van der Waals surface area contributed by atoms with E-state index in [0.717, 1.165) is 11.1 Å². The van der Waals surface area contributed by atoms with Crippen molar-refractivity contribution in [1.82, 2.24) is 9.97 Å². The summed E-state index contributed by atoms with van der Waals surface area (Å²) in [6, 6.07) is 27.7. The Morgan fingerprint density at radius 3 is 1.51 bits per heavy atom. The van der Waals surface area contributed by atoms with Crippen molar-refractivity contribution < 1.29 is 22.4 Å². The molecule has 8 heteroatoms. The summed E-state index contributed by atoms with van der Waals surface area (Å²) < 4.78 is 55.7. The molecule has 0 aliphatic rings.